The van der Waals surface area contributed by atoms with E-state index in [4.69, 9.17) is 21.1 Å². The SMILES string of the molecule is COc1ccc(Cl)c(OC)c1C(=O)N1CCCN1C(=O)CNC(=O)Cc1ccccc1. The third-order valence-corrected chi connectivity index (χ3v) is 5.20. The Morgan fingerprint density at radius 3 is 2.39 bits per heavy atom. The minimum absolute atomic E-state index is 0.144. The van der Waals surface area contributed by atoms with Crippen molar-refractivity contribution < 1.29 is 23.9 Å². The normalized spacial score (nSPS) is 13.1. The lowest BCUT2D eigenvalue weighted by Gasteiger charge is -2.29. The number of hydrazine groups is 1. The summed E-state index contributed by atoms with van der Waals surface area (Å²) in [5.41, 5.74) is 0.996. The van der Waals surface area contributed by atoms with Crippen molar-refractivity contribution in [2.75, 3.05) is 33.9 Å². The van der Waals surface area contributed by atoms with E-state index in [-0.39, 0.29) is 41.1 Å². The molecule has 2 aromatic rings. The van der Waals surface area contributed by atoms with Gasteiger partial charge >= 0.3 is 0 Å². The minimum Gasteiger partial charge on any atom is -0.496 e. The molecule has 0 atom stereocenters. The second-order valence-corrected chi connectivity index (χ2v) is 7.30. The van der Waals surface area contributed by atoms with Crippen LogP contribution in [0.1, 0.15) is 22.3 Å². The second-order valence-electron chi connectivity index (χ2n) is 6.90. The smallest absolute Gasteiger partial charge is 0.280 e. The molecule has 0 spiro atoms. The molecule has 1 fully saturated rings. The van der Waals surface area contributed by atoms with Crippen LogP contribution in [0.5, 0.6) is 11.5 Å². The fourth-order valence-electron chi connectivity index (χ4n) is 3.43. The first-order valence-corrected chi connectivity index (χ1v) is 10.2. The van der Waals surface area contributed by atoms with Crippen molar-refractivity contribution >= 4 is 29.3 Å². The van der Waals surface area contributed by atoms with Gasteiger partial charge in [-0.15, -0.1) is 0 Å². The van der Waals surface area contributed by atoms with E-state index in [2.05, 4.69) is 5.32 Å². The Morgan fingerprint density at radius 2 is 1.71 bits per heavy atom. The van der Waals surface area contributed by atoms with Crippen LogP contribution in [0, 0.1) is 0 Å². The lowest BCUT2D eigenvalue weighted by molar-refractivity contribution is -0.140. The van der Waals surface area contributed by atoms with Crippen LogP contribution in [-0.2, 0) is 16.0 Å². The van der Waals surface area contributed by atoms with Gasteiger partial charge in [-0.2, -0.15) is 0 Å². The number of hydrogen-bond acceptors (Lipinski definition) is 5. The molecule has 3 amide bonds. The lowest BCUT2D eigenvalue weighted by Crippen LogP contribution is -2.48. The molecule has 0 radical (unpaired) electrons. The molecule has 0 unspecified atom stereocenters. The summed E-state index contributed by atoms with van der Waals surface area (Å²) >= 11 is 6.18. The van der Waals surface area contributed by atoms with Crippen molar-refractivity contribution in [3.8, 4) is 11.5 Å². The molecule has 164 valence electrons. The molecule has 1 saturated heterocycles. The fraction of sp³-hybridized carbons (Fsp3) is 0.318. The summed E-state index contributed by atoms with van der Waals surface area (Å²) < 4.78 is 10.6. The van der Waals surface area contributed by atoms with Crippen LogP contribution >= 0.6 is 11.6 Å². The summed E-state index contributed by atoms with van der Waals surface area (Å²) in [5, 5.41) is 5.56. The first-order valence-electron chi connectivity index (χ1n) is 9.79. The molecule has 1 aliphatic heterocycles. The van der Waals surface area contributed by atoms with Crippen molar-refractivity contribution in [3.63, 3.8) is 0 Å². The quantitative estimate of drug-likeness (QED) is 0.706. The van der Waals surface area contributed by atoms with E-state index >= 15 is 0 Å². The number of rotatable bonds is 7. The summed E-state index contributed by atoms with van der Waals surface area (Å²) in [6.07, 6.45) is 0.786. The molecule has 1 N–H and O–H groups in total. The average Bonchev–Trinajstić information content (AvgIpc) is 3.27. The molecule has 9 heteroatoms. The maximum atomic E-state index is 13.3. The maximum absolute atomic E-state index is 13.3. The number of ether oxygens (including phenoxy) is 2. The predicted molar refractivity (Wildman–Crippen MR) is 115 cm³/mol. The number of nitrogens with one attached hydrogen (secondary N) is 1. The van der Waals surface area contributed by atoms with Gasteiger partial charge in [-0.25, -0.2) is 10.0 Å². The Morgan fingerprint density at radius 1 is 1.00 bits per heavy atom. The van der Waals surface area contributed by atoms with E-state index in [1.807, 2.05) is 30.3 Å². The van der Waals surface area contributed by atoms with Crippen LogP contribution in [0.2, 0.25) is 5.02 Å². The summed E-state index contributed by atoms with van der Waals surface area (Å²) in [6, 6.07) is 12.4. The Bertz CT molecular complexity index is 967. The summed E-state index contributed by atoms with van der Waals surface area (Å²) in [4.78, 5) is 38.2. The van der Waals surface area contributed by atoms with E-state index in [1.165, 1.54) is 24.2 Å². The zero-order chi connectivity index (χ0) is 22.4. The first-order chi connectivity index (χ1) is 15.0. The van der Waals surface area contributed by atoms with Crippen LogP contribution in [0.4, 0.5) is 0 Å². The number of methoxy groups -OCH3 is 2. The predicted octanol–water partition coefficient (Wildman–Crippen LogP) is 2.31. The average molecular weight is 446 g/mol. The number of amides is 3. The Labute approximate surface area is 185 Å². The van der Waals surface area contributed by atoms with Gasteiger partial charge in [0.25, 0.3) is 11.8 Å². The topological polar surface area (TPSA) is 88.2 Å². The highest BCUT2D eigenvalue weighted by Crippen LogP contribution is 2.37. The monoisotopic (exact) mass is 445 g/mol. The lowest BCUT2D eigenvalue weighted by atomic mass is 10.1. The Hall–Kier alpha value is -3.26. The molecule has 0 aliphatic carbocycles. The van der Waals surface area contributed by atoms with Crippen molar-refractivity contribution in [2.24, 2.45) is 0 Å². The zero-order valence-electron chi connectivity index (χ0n) is 17.4. The molecule has 1 aliphatic rings. The second kappa shape index (κ2) is 10.2. The molecule has 1 heterocycles. The van der Waals surface area contributed by atoms with E-state index in [9.17, 15) is 14.4 Å². The number of benzene rings is 2. The Kier molecular flexibility index (Phi) is 7.36. The standard InChI is InChI=1S/C22H24ClN3O5/c1-30-17-10-9-16(23)21(31-2)20(17)22(29)26-12-6-11-25(26)19(28)14-24-18(27)13-15-7-4-3-5-8-15/h3-5,7-10H,6,11-14H2,1-2H3,(H,24,27). The van der Waals surface area contributed by atoms with Crippen LogP contribution in [0.3, 0.4) is 0 Å². The van der Waals surface area contributed by atoms with Crippen LogP contribution in [0.15, 0.2) is 42.5 Å². The largest absolute Gasteiger partial charge is 0.496 e. The van der Waals surface area contributed by atoms with E-state index in [0.717, 1.165) is 5.56 Å². The third kappa shape index (κ3) is 5.08. The summed E-state index contributed by atoms with van der Waals surface area (Å²) in [7, 11) is 2.85. The number of carbonyl (C=O) groups is 3. The highest BCUT2D eigenvalue weighted by molar-refractivity contribution is 6.32. The number of halogens is 1. The highest BCUT2D eigenvalue weighted by atomic mass is 35.5. The van der Waals surface area contributed by atoms with Crippen LogP contribution in [-0.4, -0.2) is 61.6 Å². The van der Waals surface area contributed by atoms with Gasteiger partial charge in [0.1, 0.15) is 11.3 Å². The van der Waals surface area contributed by atoms with Crippen LogP contribution in [0.25, 0.3) is 0 Å². The number of hydrogen-bond donors (Lipinski definition) is 1. The molecule has 2 aromatic carbocycles. The molecule has 3 rings (SSSR count). The van der Waals surface area contributed by atoms with Crippen molar-refractivity contribution in [1.29, 1.82) is 0 Å². The Balaban J connectivity index is 1.69. The van der Waals surface area contributed by atoms with Gasteiger partial charge in [0, 0.05) is 13.1 Å². The molecular weight excluding hydrogens is 422 g/mol. The van der Waals surface area contributed by atoms with Crippen molar-refractivity contribution in [2.45, 2.75) is 12.8 Å². The third-order valence-electron chi connectivity index (χ3n) is 4.91. The molecule has 0 bridgehead atoms. The van der Waals surface area contributed by atoms with Gasteiger partial charge in [-0.1, -0.05) is 41.9 Å². The number of nitrogens with zero attached hydrogens (tertiary/aromatic N) is 2. The van der Waals surface area contributed by atoms with E-state index < -0.39 is 5.91 Å². The van der Waals surface area contributed by atoms with Gasteiger partial charge in [0.05, 0.1) is 32.2 Å². The first kappa shape index (κ1) is 22.4. The van der Waals surface area contributed by atoms with Gasteiger partial charge < -0.3 is 14.8 Å². The van der Waals surface area contributed by atoms with Gasteiger partial charge in [0.2, 0.25) is 5.91 Å². The summed E-state index contributed by atoms with van der Waals surface area (Å²) in [6.45, 7) is 0.505. The fourth-order valence-corrected chi connectivity index (χ4v) is 3.67. The highest BCUT2D eigenvalue weighted by Gasteiger charge is 2.34. The van der Waals surface area contributed by atoms with Gasteiger partial charge in [-0.05, 0) is 24.1 Å². The molecule has 8 nitrogen and oxygen atoms in total. The number of carbonyl (C=O) groups excluding carboxylic acids is 3. The van der Waals surface area contributed by atoms with Gasteiger partial charge in [0.15, 0.2) is 5.75 Å². The van der Waals surface area contributed by atoms with E-state index in [0.29, 0.717) is 25.3 Å². The van der Waals surface area contributed by atoms with Crippen LogP contribution < -0.4 is 14.8 Å². The molecule has 31 heavy (non-hydrogen) atoms. The van der Waals surface area contributed by atoms with Crippen molar-refractivity contribution in [3.05, 3.63) is 58.6 Å². The molecule has 0 aromatic heterocycles. The van der Waals surface area contributed by atoms with E-state index in [1.54, 1.807) is 12.1 Å². The van der Waals surface area contributed by atoms with Gasteiger partial charge in [-0.3, -0.25) is 14.4 Å². The van der Waals surface area contributed by atoms with Crippen molar-refractivity contribution in [1.82, 2.24) is 15.3 Å². The summed E-state index contributed by atoms with van der Waals surface area (Å²) in [5.74, 6) is -0.636. The maximum Gasteiger partial charge on any atom is 0.280 e. The minimum atomic E-state index is -0.460. The zero-order valence-corrected chi connectivity index (χ0v) is 18.1. The molecular formula is C22H24ClN3O5. The molecule has 0 saturated carbocycles.